The summed E-state index contributed by atoms with van der Waals surface area (Å²) in [6.07, 6.45) is 6.14. The summed E-state index contributed by atoms with van der Waals surface area (Å²) in [5.74, 6) is 0.351. The number of rotatable bonds is 6. The van der Waals surface area contributed by atoms with Gasteiger partial charge in [-0.3, -0.25) is 4.79 Å². The Bertz CT molecular complexity index is 848. The molecule has 4 rings (SSSR count). The molecule has 2 saturated heterocycles. The first-order valence-electron chi connectivity index (χ1n) is 10.6. The van der Waals surface area contributed by atoms with Crippen LogP contribution in [0.5, 0.6) is 0 Å². The molecule has 0 bridgehead atoms. The Morgan fingerprint density at radius 3 is 2.69 bits per heavy atom. The van der Waals surface area contributed by atoms with Crippen molar-refractivity contribution in [3.8, 4) is 0 Å². The Hall–Kier alpha value is -1.51. The number of benzene rings is 1. The van der Waals surface area contributed by atoms with E-state index in [-0.39, 0.29) is 22.3 Å². The zero-order valence-corrected chi connectivity index (χ0v) is 17.4. The average Bonchev–Trinajstić information content (AvgIpc) is 3.54. The molecule has 2 heterocycles. The SMILES string of the molecule is O=C(NCCC1CCOC2(CCN(S(=O)(=O)c3cccc(F)c3)CC2)C1)C1CC1. The predicted octanol–water partition coefficient (Wildman–Crippen LogP) is 2.69. The third-order valence-electron chi connectivity index (χ3n) is 6.46. The van der Waals surface area contributed by atoms with Gasteiger partial charge in [-0.25, -0.2) is 12.8 Å². The van der Waals surface area contributed by atoms with Crippen molar-refractivity contribution in [3.63, 3.8) is 0 Å². The van der Waals surface area contributed by atoms with Gasteiger partial charge in [0.15, 0.2) is 0 Å². The van der Waals surface area contributed by atoms with Crippen LogP contribution in [-0.4, -0.2) is 50.5 Å². The van der Waals surface area contributed by atoms with Crippen molar-refractivity contribution in [3.05, 3.63) is 30.1 Å². The van der Waals surface area contributed by atoms with Crippen molar-refractivity contribution in [2.75, 3.05) is 26.2 Å². The summed E-state index contributed by atoms with van der Waals surface area (Å²) in [5.41, 5.74) is -0.280. The lowest BCUT2D eigenvalue weighted by molar-refractivity contribution is -0.124. The normalized spacial score (nSPS) is 25.1. The first-order chi connectivity index (χ1) is 13.9. The van der Waals surface area contributed by atoms with Gasteiger partial charge in [0.05, 0.1) is 10.5 Å². The Morgan fingerprint density at radius 1 is 1.24 bits per heavy atom. The van der Waals surface area contributed by atoms with Crippen LogP contribution >= 0.6 is 0 Å². The molecule has 2 aliphatic heterocycles. The molecule has 1 N–H and O–H groups in total. The third kappa shape index (κ3) is 4.81. The van der Waals surface area contributed by atoms with Gasteiger partial charge in [0, 0.05) is 32.2 Å². The van der Waals surface area contributed by atoms with Crippen molar-refractivity contribution in [1.29, 1.82) is 0 Å². The van der Waals surface area contributed by atoms with Crippen LogP contribution in [0.4, 0.5) is 4.39 Å². The maximum atomic E-state index is 13.5. The summed E-state index contributed by atoms with van der Waals surface area (Å²) in [6.45, 7) is 2.14. The van der Waals surface area contributed by atoms with Crippen LogP contribution < -0.4 is 5.32 Å². The van der Waals surface area contributed by atoms with Gasteiger partial charge >= 0.3 is 0 Å². The van der Waals surface area contributed by atoms with Crippen LogP contribution in [0.15, 0.2) is 29.2 Å². The second-order valence-corrected chi connectivity index (χ2v) is 10.5. The first-order valence-corrected chi connectivity index (χ1v) is 12.0. The highest BCUT2D eigenvalue weighted by atomic mass is 32.2. The number of nitrogens with zero attached hydrogens (tertiary/aromatic N) is 1. The lowest BCUT2D eigenvalue weighted by Gasteiger charge is -2.46. The van der Waals surface area contributed by atoms with Crippen LogP contribution in [0.2, 0.25) is 0 Å². The molecular weight excluding hydrogens is 395 g/mol. The fourth-order valence-electron chi connectivity index (χ4n) is 4.52. The molecule has 160 valence electrons. The monoisotopic (exact) mass is 424 g/mol. The highest BCUT2D eigenvalue weighted by Crippen LogP contribution is 2.39. The van der Waals surface area contributed by atoms with Gasteiger partial charge in [-0.05, 0) is 69.1 Å². The number of hydrogen-bond acceptors (Lipinski definition) is 4. The summed E-state index contributed by atoms with van der Waals surface area (Å²) >= 11 is 0. The third-order valence-corrected chi connectivity index (χ3v) is 8.36. The predicted molar refractivity (Wildman–Crippen MR) is 106 cm³/mol. The van der Waals surface area contributed by atoms with E-state index < -0.39 is 15.8 Å². The second kappa shape index (κ2) is 8.32. The van der Waals surface area contributed by atoms with Crippen LogP contribution in [0, 0.1) is 17.7 Å². The molecule has 1 aliphatic carbocycles. The molecule has 29 heavy (non-hydrogen) atoms. The molecule has 1 saturated carbocycles. The fraction of sp³-hybridized carbons (Fsp3) is 0.667. The molecule has 3 fully saturated rings. The van der Waals surface area contributed by atoms with Gasteiger partial charge < -0.3 is 10.1 Å². The van der Waals surface area contributed by atoms with Crippen molar-refractivity contribution in [1.82, 2.24) is 9.62 Å². The van der Waals surface area contributed by atoms with Gasteiger partial charge in [0.2, 0.25) is 15.9 Å². The molecule has 1 aromatic rings. The number of ether oxygens (including phenoxy) is 1. The van der Waals surface area contributed by atoms with Crippen molar-refractivity contribution < 1.29 is 22.3 Å². The molecule has 0 aromatic heterocycles. The van der Waals surface area contributed by atoms with E-state index in [0.717, 1.165) is 38.2 Å². The summed E-state index contributed by atoms with van der Waals surface area (Å²) in [5, 5.41) is 3.03. The second-order valence-electron chi connectivity index (χ2n) is 8.61. The van der Waals surface area contributed by atoms with Gasteiger partial charge in [-0.2, -0.15) is 4.31 Å². The lowest BCUT2D eigenvalue weighted by atomic mass is 9.79. The zero-order chi connectivity index (χ0) is 20.5. The number of sulfonamides is 1. The van der Waals surface area contributed by atoms with Crippen molar-refractivity contribution in [2.45, 2.75) is 55.4 Å². The molecule has 6 nitrogen and oxygen atoms in total. The van der Waals surface area contributed by atoms with E-state index in [1.54, 1.807) is 0 Å². The molecular formula is C21H29FN2O4S. The van der Waals surface area contributed by atoms with Gasteiger partial charge in [0.1, 0.15) is 5.82 Å². The number of hydrogen-bond donors (Lipinski definition) is 1. The topological polar surface area (TPSA) is 75.7 Å². The maximum Gasteiger partial charge on any atom is 0.243 e. The first kappa shape index (κ1) is 20.8. The van der Waals surface area contributed by atoms with Crippen LogP contribution in [-0.2, 0) is 19.6 Å². The van der Waals surface area contributed by atoms with E-state index in [2.05, 4.69) is 5.32 Å². The van der Waals surface area contributed by atoms with E-state index in [9.17, 15) is 17.6 Å². The quantitative estimate of drug-likeness (QED) is 0.762. The highest BCUT2D eigenvalue weighted by molar-refractivity contribution is 7.89. The van der Waals surface area contributed by atoms with E-state index in [1.165, 1.54) is 22.5 Å². The molecule has 1 atom stereocenters. The zero-order valence-electron chi connectivity index (χ0n) is 16.6. The maximum absolute atomic E-state index is 13.5. The minimum Gasteiger partial charge on any atom is -0.375 e. The molecule has 1 spiro atoms. The van der Waals surface area contributed by atoms with Crippen molar-refractivity contribution >= 4 is 15.9 Å². The smallest absolute Gasteiger partial charge is 0.243 e. The number of amides is 1. The van der Waals surface area contributed by atoms with Gasteiger partial charge in [-0.1, -0.05) is 6.07 Å². The Morgan fingerprint density at radius 2 is 2.00 bits per heavy atom. The fourth-order valence-corrected chi connectivity index (χ4v) is 6.00. The average molecular weight is 425 g/mol. The number of halogens is 1. The van der Waals surface area contributed by atoms with E-state index in [0.29, 0.717) is 45.0 Å². The summed E-state index contributed by atoms with van der Waals surface area (Å²) in [7, 11) is -3.69. The Labute approximate surface area is 171 Å². The number of carbonyl (C=O) groups is 1. The van der Waals surface area contributed by atoms with Crippen molar-refractivity contribution in [2.24, 2.45) is 11.8 Å². The molecule has 1 unspecified atom stereocenters. The summed E-state index contributed by atoms with van der Waals surface area (Å²) in [6, 6.07) is 5.17. The molecule has 8 heteroatoms. The number of piperidine rings is 1. The van der Waals surface area contributed by atoms with Crippen LogP contribution in [0.25, 0.3) is 0 Å². The van der Waals surface area contributed by atoms with Gasteiger partial charge in [-0.15, -0.1) is 0 Å². The highest BCUT2D eigenvalue weighted by Gasteiger charge is 2.42. The molecule has 3 aliphatic rings. The largest absolute Gasteiger partial charge is 0.375 e. The Balaban J connectivity index is 1.31. The van der Waals surface area contributed by atoms with E-state index >= 15 is 0 Å². The van der Waals surface area contributed by atoms with Crippen LogP contribution in [0.1, 0.15) is 44.9 Å². The van der Waals surface area contributed by atoms with Crippen LogP contribution in [0.3, 0.4) is 0 Å². The van der Waals surface area contributed by atoms with E-state index in [4.69, 9.17) is 4.74 Å². The lowest BCUT2D eigenvalue weighted by Crippen LogP contribution is -2.50. The standard InChI is InChI=1S/C21H29FN2O4S/c22-18-2-1-3-19(14-18)29(26,27)24-11-8-21(9-12-24)15-16(7-13-28-21)6-10-23-20(25)17-4-5-17/h1-3,14,16-17H,4-13,15H2,(H,23,25). The molecule has 1 aromatic carbocycles. The minimum absolute atomic E-state index is 0.00212. The minimum atomic E-state index is -3.69. The van der Waals surface area contributed by atoms with Gasteiger partial charge in [0.25, 0.3) is 0 Å². The molecule has 1 amide bonds. The van der Waals surface area contributed by atoms with E-state index in [1.807, 2.05) is 0 Å². The Kier molecular flexibility index (Phi) is 5.95. The molecule has 0 radical (unpaired) electrons. The number of carbonyl (C=O) groups excluding carboxylic acids is 1. The number of nitrogens with one attached hydrogen (secondary N) is 1. The summed E-state index contributed by atoms with van der Waals surface area (Å²) < 4.78 is 46.7. The summed E-state index contributed by atoms with van der Waals surface area (Å²) in [4.78, 5) is 11.8.